The predicted molar refractivity (Wildman–Crippen MR) is 55.9 cm³/mol. The van der Waals surface area contributed by atoms with Gasteiger partial charge in [-0.2, -0.15) is 0 Å². The molecule has 0 spiro atoms. The number of methoxy groups -OCH3 is 1. The van der Waals surface area contributed by atoms with Crippen molar-refractivity contribution in [3.05, 3.63) is 0 Å². The lowest BCUT2D eigenvalue weighted by Crippen LogP contribution is -2.23. The molecule has 2 unspecified atom stereocenters. The monoisotopic (exact) mass is 208 g/mol. The maximum atomic E-state index is 11.7. The second kappa shape index (κ2) is 5.55. The van der Waals surface area contributed by atoms with E-state index in [4.69, 9.17) is 0 Å². The van der Waals surface area contributed by atoms with Crippen molar-refractivity contribution >= 4 is 11.8 Å². The Labute approximate surface area is 90.2 Å². The Kier molecular flexibility index (Phi) is 4.36. The first-order chi connectivity index (χ1) is 7.20. The van der Waals surface area contributed by atoms with Crippen molar-refractivity contribution in [3.63, 3.8) is 0 Å². The second-order valence-electron chi connectivity index (χ2n) is 3.66. The van der Waals surface area contributed by atoms with E-state index in [2.05, 4.69) is 16.6 Å². The highest BCUT2D eigenvalue weighted by Gasteiger charge is 2.38. The molecule has 2 atom stereocenters. The molecule has 82 valence electrons. The zero-order valence-electron chi connectivity index (χ0n) is 9.21. The normalized spacial score (nSPS) is 24.5. The number of hydrogen-bond donors (Lipinski definition) is 0. The minimum absolute atomic E-state index is 0.00672. The molecule has 0 N–H and O–H groups in total. The Balaban J connectivity index is 2.52. The van der Waals surface area contributed by atoms with Crippen LogP contribution in [-0.2, 0) is 14.3 Å². The van der Waals surface area contributed by atoms with Gasteiger partial charge < -0.3 is 4.74 Å². The van der Waals surface area contributed by atoms with Crippen molar-refractivity contribution in [1.29, 1.82) is 0 Å². The van der Waals surface area contributed by atoms with Crippen LogP contribution in [0, 0.1) is 23.7 Å². The number of hydrogen-bond acceptors (Lipinski definition) is 3. The van der Waals surface area contributed by atoms with E-state index >= 15 is 0 Å². The van der Waals surface area contributed by atoms with Crippen LogP contribution in [0.15, 0.2) is 0 Å². The Morgan fingerprint density at radius 2 is 2.20 bits per heavy atom. The van der Waals surface area contributed by atoms with Gasteiger partial charge in [0, 0.05) is 18.8 Å². The van der Waals surface area contributed by atoms with Gasteiger partial charge in [-0.15, -0.1) is 11.8 Å². The molecule has 1 saturated carbocycles. The number of ether oxygens (including phenoxy) is 1. The average molecular weight is 208 g/mol. The van der Waals surface area contributed by atoms with Crippen LogP contribution in [0.5, 0.6) is 0 Å². The molecule has 1 aliphatic rings. The van der Waals surface area contributed by atoms with Gasteiger partial charge in [0.25, 0.3) is 0 Å². The summed E-state index contributed by atoms with van der Waals surface area (Å²) in [5, 5.41) is 0. The summed E-state index contributed by atoms with van der Waals surface area (Å²) in [5.41, 5.74) is 0. The van der Waals surface area contributed by atoms with Gasteiger partial charge in [0.05, 0.1) is 7.11 Å². The van der Waals surface area contributed by atoms with Crippen LogP contribution >= 0.6 is 0 Å². The largest absolute Gasteiger partial charge is 0.468 e. The van der Waals surface area contributed by atoms with E-state index in [0.717, 1.165) is 12.8 Å². The van der Waals surface area contributed by atoms with Crippen molar-refractivity contribution in [1.82, 2.24) is 0 Å². The highest BCUT2D eigenvalue weighted by Crippen LogP contribution is 2.30. The number of ketones is 1. The lowest BCUT2D eigenvalue weighted by atomic mass is 10.0. The Hall–Kier alpha value is -1.30. The summed E-state index contributed by atoms with van der Waals surface area (Å²) in [6, 6.07) is 0. The van der Waals surface area contributed by atoms with E-state index in [1.165, 1.54) is 7.11 Å². The summed E-state index contributed by atoms with van der Waals surface area (Å²) >= 11 is 0. The van der Waals surface area contributed by atoms with Crippen molar-refractivity contribution in [2.75, 3.05) is 7.11 Å². The number of Topliss-reactive ketones (excluding diaryl/α,β-unsaturated/α-hetero) is 1. The van der Waals surface area contributed by atoms with E-state index in [0.29, 0.717) is 12.8 Å². The first-order valence-corrected chi connectivity index (χ1v) is 5.28. The second-order valence-corrected chi connectivity index (χ2v) is 3.66. The van der Waals surface area contributed by atoms with Gasteiger partial charge in [0.2, 0.25) is 0 Å². The molecule has 0 aromatic rings. The summed E-state index contributed by atoms with van der Waals surface area (Å²) in [5.74, 6) is 4.91. The molecule has 1 rings (SSSR count). The molecule has 0 aliphatic heterocycles. The van der Waals surface area contributed by atoms with Gasteiger partial charge in [-0.25, -0.2) is 0 Å². The summed E-state index contributed by atoms with van der Waals surface area (Å²) in [6.07, 6.45) is 2.77. The molecule has 3 nitrogen and oxygen atoms in total. The third-order valence-electron chi connectivity index (χ3n) is 2.69. The minimum atomic E-state index is -0.538. The summed E-state index contributed by atoms with van der Waals surface area (Å²) < 4.78 is 4.58. The molecule has 0 bridgehead atoms. The Bertz CT molecular complexity index is 309. The van der Waals surface area contributed by atoms with Gasteiger partial charge in [0.1, 0.15) is 5.92 Å². The lowest BCUT2D eigenvalue weighted by Gasteiger charge is -2.05. The fourth-order valence-electron chi connectivity index (χ4n) is 1.84. The van der Waals surface area contributed by atoms with E-state index in [1.807, 2.05) is 6.92 Å². The van der Waals surface area contributed by atoms with Gasteiger partial charge in [-0.05, 0) is 12.8 Å². The molecule has 1 aliphatic carbocycles. The molecule has 0 aromatic carbocycles. The smallest absolute Gasteiger partial charge is 0.316 e. The molecular weight excluding hydrogens is 192 g/mol. The van der Waals surface area contributed by atoms with E-state index < -0.39 is 11.9 Å². The first-order valence-electron chi connectivity index (χ1n) is 5.28. The van der Waals surface area contributed by atoms with E-state index in [-0.39, 0.29) is 11.7 Å². The molecule has 0 amide bonds. The maximum Gasteiger partial charge on any atom is 0.316 e. The minimum Gasteiger partial charge on any atom is -0.468 e. The van der Waals surface area contributed by atoms with Crippen LogP contribution in [0.25, 0.3) is 0 Å². The molecular formula is C12H16O3. The highest BCUT2D eigenvalue weighted by molar-refractivity contribution is 6.01. The van der Waals surface area contributed by atoms with Gasteiger partial charge in [-0.1, -0.05) is 6.92 Å². The third kappa shape index (κ3) is 2.82. The third-order valence-corrected chi connectivity index (χ3v) is 2.69. The summed E-state index contributed by atoms with van der Waals surface area (Å²) in [4.78, 5) is 23.0. The zero-order valence-corrected chi connectivity index (χ0v) is 9.21. The maximum absolute atomic E-state index is 11.7. The van der Waals surface area contributed by atoms with Crippen LogP contribution < -0.4 is 0 Å². The first kappa shape index (κ1) is 11.8. The fourth-order valence-corrected chi connectivity index (χ4v) is 1.84. The van der Waals surface area contributed by atoms with Crippen molar-refractivity contribution in [2.24, 2.45) is 11.8 Å². The van der Waals surface area contributed by atoms with Crippen LogP contribution in [-0.4, -0.2) is 18.9 Å². The van der Waals surface area contributed by atoms with Crippen molar-refractivity contribution < 1.29 is 14.3 Å². The Morgan fingerprint density at radius 1 is 1.47 bits per heavy atom. The molecule has 15 heavy (non-hydrogen) atoms. The number of esters is 1. The highest BCUT2D eigenvalue weighted by atomic mass is 16.5. The molecule has 0 heterocycles. The zero-order chi connectivity index (χ0) is 11.3. The molecule has 0 radical (unpaired) electrons. The number of carbonyl (C=O) groups is 2. The molecule has 1 fully saturated rings. The molecule has 0 saturated heterocycles. The number of rotatable bonds is 2. The van der Waals surface area contributed by atoms with Gasteiger partial charge in [-0.3, -0.25) is 9.59 Å². The summed E-state index contributed by atoms with van der Waals surface area (Å²) in [7, 11) is 1.32. The van der Waals surface area contributed by atoms with Crippen LogP contribution in [0.1, 0.15) is 32.6 Å². The van der Waals surface area contributed by atoms with Crippen molar-refractivity contribution in [2.45, 2.75) is 32.6 Å². The van der Waals surface area contributed by atoms with Gasteiger partial charge >= 0.3 is 5.97 Å². The quantitative estimate of drug-likeness (QED) is 0.393. The fraction of sp³-hybridized carbons (Fsp3) is 0.667. The topological polar surface area (TPSA) is 43.4 Å². The predicted octanol–water partition coefficient (Wildman–Crippen LogP) is 1.56. The summed E-state index contributed by atoms with van der Waals surface area (Å²) in [6.45, 7) is 1.97. The number of carbonyl (C=O) groups excluding carboxylic acids is 2. The standard InChI is InChI=1S/C12H16O3/c1-3-4-5-6-9-7-8-10(11(9)13)12(14)15-2/h9-10H,3,6-8H2,1-2H3. The van der Waals surface area contributed by atoms with E-state index in [1.54, 1.807) is 0 Å². The lowest BCUT2D eigenvalue weighted by molar-refractivity contribution is -0.148. The Morgan fingerprint density at radius 3 is 2.80 bits per heavy atom. The van der Waals surface area contributed by atoms with Crippen molar-refractivity contribution in [3.8, 4) is 11.8 Å². The molecule has 3 heteroatoms. The van der Waals surface area contributed by atoms with Crippen LogP contribution in [0.3, 0.4) is 0 Å². The van der Waals surface area contributed by atoms with Gasteiger partial charge in [0.15, 0.2) is 5.78 Å². The average Bonchev–Trinajstić information content (AvgIpc) is 2.60. The molecule has 0 aromatic heterocycles. The van der Waals surface area contributed by atoms with E-state index in [9.17, 15) is 9.59 Å². The SMILES string of the molecule is CCC#CCC1CCC(C(=O)OC)C1=O. The van der Waals surface area contributed by atoms with Crippen LogP contribution in [0.2, 0.25) is 0 Å². The van der Waals surface area contributed by atoms with Crippen LogP contribution in [0.4, 0.5) is 0 Å².